The van der Waals surface area contributed by atoms with Crippen LogP contribution in [0, 0.1) is 5.82 Å². The summed E-state index contributed by atoms with van der Waals surface area (Å²) in [7, 11) is 1.24. The fourth-order valence-corrected chi connectivity index (χ4v) is 3.88. The minimum Gasteiger partial charge on any atom is -0.465 e. The van der Waals surface area contributed by atoms with Crippen LogP contribution < -0.4 is 16.0 Å². The molecule has 184 valence electrons. The van der Waals surface area contributed by atoms with Gasteiger partial charge in [-0.2, -0.15) is 0 Å². The van der Waals surface area contributed by atoms with Crippen molar-refractivity contribution in [3.05, 3.63) is 53.3 Å². The number of pyridine rings is 1. The van der Waals surface area contributed by atoms with Gasteiger partial charge >= 0.3 is 12.1 Å². The monoisotopic (exact) mass is 472 g/mol. The quantitative estimate of drug-likeness (QED) is 0.494. The van der Waals surface area contributed by atoms with Crippen LogP contribution in [0.25, 0.3) is 0 Å². The van der Waals surface area contributed by atoms with Crippen LogP contribution in [0.2, 0.25) is 0 Å². The second-order valence-electron chi connectivity index (χ2n) is 9.33. The highest BCUT2D eigenvalue weighted by Crippen LogP contribution is 2.27. The van der Waals surface area contributed by atoms with Crippen molar-refractivity contribution >= 4 is 23.7 Å². The summed E-state index contributed by atoms with van der Waals surface area (Å²) < 4.78 is 25.2. The summed E-state index contributed by atoms with van der Waals surface area (Å²) in [6.07, 6.45) is 2.83. The van der Waals surface area contributed by atoms with Gasteiger partial charge in [-0.3, -0.25) is 0 Å². The molecule has 1 aromatic carbocycles. The van der Waals surface area contributed by atoms with Gasteiger partial charge in [0.1, 0.15) is 17.0 Å². The second-order valence-corrected chi connectivity index (χ2v) is 9.33. The van der Waals surface area contributed by atoms with Crippen LogP contribution in [0.5, 0.6) is 0 Å². The minimum atomic E-state index is -0.685. The molecule has 1 amide bonds. The van der Waals surface area contributed by atoms with E-state index in [1.165, 1.54) is 7.11 Å². The Morgan fingerprint density at radius 2 is 1.76 bits per heavy atom. The zero-order valence-electron chi connectivity index (χ0n) is 20.1. The van der Waals surface area contributed by atoms with Crippen LogP contribution in [0.1, 0.15) is 62.4 Å². The van der Waals surface area contributed by atoms with E-state index in [1.807, 2.05) is 30.3 Å². The lowest BCUT2D eigenvalue weighted by Gasteiger charge is -2.34. The molecule has 9 heteroatoms. The lowest BCUT2D eigenvalue weighted by Crippen LogP contribution is -2.50. The molecule has 2 atom stereocenters. The molecule has 0 saturated heterocycles. The van der Waals surface area contributed by atoms with E-state index < -0.39 is 23.5 Å². The predicted molar refractivity (Wildman–Crippen MR) is 128 cm³/mol. The van der Waals surface area contributed by atoms with E-state index in [0.717, 1.165) is 37.3 Å². The summed E-state index contributed by atoms with van der Waals surface area (Å²) >= 11 is 0. The Morgan fingerprint density at radius 3 is 2.41 bits per heavy atom. The topological polar surface area (TPSA) is 102 Å². The van der Waals surface area contributed by atoms with Gasteiger partial charge in [-0.05, 0) is 45.2 Å². The Morgan fingerprint density at radius 1 is 1.09 bits per heavy atom. The summed E-state index contributed by atoms with van der Waals surface area (Å²) in [5.41, 5.74) is 0.375. The molecule has 0 aliphatic heterocycles. The van der Waals surface area contributed by atoms with Gasteiger partial charge in [-0.1, -0.05) is 43.2 Å². The number of carbonyl (C=O) groups excluding carboxylic acids is 2. The van der Waals surface area contributed by atoms with Crippen molar-refractivity contribution in [2.75, 3.05) is 17.7 Å². The number of halogens is 1. The van der Waals surface area contributed by atoms with E-state index in [1.54, 1.807) is 20.8 Å². The third-order valence-corrected chi connectivity index (χ3v) is 5.47. The number of hydrogen-bond donors (Lipinski definition) is 3. The summed E-state index contributed by atoms with van der Waals surface area (Å²) in [5.74, 6) is -1.14. The van der Waals surface area contributed by atoms with Gasteiger partial charge in [0.05, 0.1) is 13.2 Å². The van der Waals surface area contributed by atoms with Gasteiger partial charge in [0.25, 0.3) is 0 Å². The molecule has 1 aliphatic carbocycles. The van der Waals surface area contributed by atoms with Crippen molar-refractivity contribution in [3.63, 3.8) is 0 Å². The number of carbonyl (C=O) groups is 2. The molecule has 34 heavy (non-hydrogen) atoms. The molecule has 3 rings (SSSR count). The smallest absolute Gasteiger partial charge is 0.407 e. The van der Waals surface area contributed by atoms with E-state index in [0.29, 0.717) is 6.54 Å². The first-order chi connectivity index (χ1) is 16.2. The molecule has 8 nitrogen and oxygen atoms in total. The normalized spacial score (nSPS) is 18.0. The molecule has 0 radical (unpaired) electrons. The van der Waals surface area contributed by atoms with Gasteiger partial charge in [0.15, 0.2) is 11.6 Å². The van der Waals surface area contributed by atoms with Crippen molar-refractivity contribution in [2.24, 2.45) is 0 Å². The maximum Gasteiger partial charge on any atom is 0.407 e. The van der Waals surface area contributed by atoms with Crippen molar-refractivity contribution in [2.45, 2.75) is 70.7 Å². The maximum absolute atomic E-state index is 15.0. The lowest BCUT2D eigenvalue weighted by molar-refractivity contribution is 0.0487. The number of rotatable bonds is 7. The van der Waals surface area contributed by atoms with E-state index in [2.05, 4.69) is 20.9 Å². The van der Waals surface area contributed by atoms with Crippen LogP contribution >= 0.6 is 0 Å². The highest BCUT2D eigenvalue weighted by Gasteiger charge is 2.30. The number of methoxy groups -OCH3 is 1. The molecule has 0 spiro atoms. The van der Waals surface area contributed by atoms with E-state index in [-0.39, 0.29) is 29.3 Å². The predicted octanol–water partition coefficient (Wildman–Crippen LogP) is 4.87. The Hall–Kier alpha value is -3.36. The molecule has 2 aromatic rings. The van der Waals surface area contributed by atoms with Gasteiger partial charge < -0.3 is 25.4 Å². The highest BCUT2D eigenvalue weighted by molar-refractivity contribution is 5.95. The summed E-state index contributed by atoms with van der Waals surface area (Å²) in [4.78, 5) is 28.9. The molecule has 1 aliphatic rings. The number of nitrogens with zero attached hydrogens (tertiary/aromatic N) is 1. The van der Waals surface area contributed by atoms with Crippen LogP contribution in [0.4, 0.5) is 20.8 Å². The first kappa shape index (κ1) is 25.3. The molecule has 1 saturated carbocycles. The Kier molecular flexibility index (Phi) is 8.31. The highest BCUT2D eigenvalue weighted by atomic mass is 19.1. The third kappa shape index (κ3) is 7.07. The number of aromatic nitrogens is 1. The Bertz CT molecular complexity index is 994. The number of nitrogens with one attached hydrogen (secondary N) is 3. The van der Waals surface area contributed by atoms with Crippen molar-refractivity contribution in [1.29, 1.82) is 0 Å². The average Bonchev–Trinajstić information content (AvgIpc) is 2.79. The van der Waals surface area contributed by atoms with Crippen LogP contribution in [0.3, 0.4) is 0 Å². The average molecular weight is 473 g/mol. The first-order valence-corrected chi connectivity index (χ1v) is 11.5. The van der Waals surface area contributed by atoms with Crippen LogP contribution in [0.15, 0.2) is 36.4 Å². The Labute approximate surface area is 199 Å². The van der Waals surface area contributed by atoms with Crippen LogP contribution in [-0.2, 0) is 16.0 Å². The lowest BCUT2D eigenvalue weighted by atomic mass is 9.90. The molecule has 1 heterocycles. The maximum atomic E-state index is 15.0. The molecular weight excluding hydrogens is 439 g/mol. The molecule has 3 N–H and O–H groups in total. The number of alkyl carbamates (subject to hydrolysis) is 1. The van der Waals surface area contributed by atoms with Gasteiger partial charge in [-0.15, -0.1) is 0 Å². The Balaban J connectivity index is 1.80. The number of anilines is 2. The van der Waals surface area contributed by atoms with Crippen molar-refractivity contribution in [3.8, 4) is 0 Å². The zero-order valence-corrected chi connectivity index (χ0v) is 20.1. The van der Waals surface area contributed by atoms with Crippen molar-refractivity contribution < 1.29 is 23.5 Å². The molecule has 1 aromatic heterocycles. The second kappa shape index (κ2) is 11.2. The zero-order chi connectivity index (χ0) is 24.7. The van der Waals surface area contributed by atoms with E-state index in [4.69, 9.17) is 9.47 Å². The minimum absolute atomic E-state index is 0.00565. The van der Waals surface area contributed by atoms with Crippen molar-refractivity contribution in [1.82, 2.24) is 10.3 Å². The fraction of sp³-hybridized carbons (Fsp3) is 0.480. The molecule has 0 bridgehead atoms. The third-order valence-electron chi connectivity index (χ3n) is 5.47. The van der Waals surface area contributed by atoms with E-state index >= 15 is 0 Å². The number of esters is 1. The summed E-state index contributed by atoms with van der Waals surface area (Å²) in [5, 5.41) is 9.15. The first-order valence-electron chi connectivity index (χ1n) is 11.5. The van der Waals surface area contributed by atoms with Crippen LogP contribution in [-0.4, -0.2) is 41.8 Å². The summed E-state index contributed by atoms with van der Waals surface area (Å²) in [6.45, 7) is 5.80. The van der Waals surface area contributed by atoms with E-state index in [9.17, 15) is 14.0 Å². The number of hydrogen-bond acceptors (Lipinski definition) is 7. The molecule has 0 unspecified atom stereocenters. The molecular formula is C25H33FN4O4. The van der Waals surface area contributed by atoms with Gasteiger partial charge in [0.2, 0.25) is 0 Å². The largest absolute Gasteiger partial charge is 0.465 e. The standard InChI is InChI=1S/C25H33FN4O4/c1-25(2,3)34-24(32)29-20-13-9-8-12-19(20)28-22-18(26)14-17(23(31)33-4)21(30-22)27-15-16-10-6-5-7-11-16/h5-7,10-11,14,19-20H,8-9,12-13,15H2,1-4H3,(H,29,32)(H2,27,28,30)/t19-,20+/m1/s1. The molecule has 1 fully saturated rings. The van der Waals surface area contributed by atoms with Gasteiger partial charge in [0, 0.05) is 12.6 Å². The number of amides is 1. The number of benzene rings is 1. The van der Waals surface area contributed by atoms with Gasteiger partial charge in [-0.25, -0.2) is 19.0 Å². The fourth-order valence-electron chi connectivity index (χ4n) is 3.88. The summed E-state index contributed by atoms with van der Waals surface area (Å²) in [6, 6.07) is 10.2. The SMILES string of the molecule is COC(=O)c1cc(F)c(N[C@@H]2CCCC[C@@H]2NC(=O)OC(C)(C)C)nc1NCc1ccccc1. The number of ether oxygens (including phenoxy) is 2.